The van der Waals surface area contributed by atoms with Gasteiger partial charge in [-0.25, -0.2) is 9.78 Å². The summed E-state index contributed by atoms with van der Waals surface area (Å²) in [6, 6.07) is 2.94. The zero-order valence-corrected chi connectivity index (χ0v) is 19.1. The summed E-state index contributed by atoms with van der Waals surface area (Å²) >= 11 is 1.62. The number of amides is 1. The number of nitriles is 1. The Balaban J connectivity index is 1.76. The van der Waals surface area contributed by atoms with Gasteiger partial charge in [-0.1, -0.05) is 0 Å². The molecule has 1 fully saturated rings. The van der Waals surface area contributed by atoms with E-state index in [0.717, 1.165) is 41.6 Å². The van der Waals surface area contributed by atoms with Crippen LogP contribution in [-0.2, 0) is 10.9 Å². The van der Waals surface area contributed by atoms with E-state index in [-0.39, 0.29) is 48.7 Å². The summed E-state index contributed by atoms with van der Waals surface area (Å²) in [5.41, 5.74) is 5.50. The van der Waals surface area contributed by atoms with Gasteiger partial charge in [-0.3, -0.25) is 4.79 Å². The first kappa shape index (κ1) is 23.0. The second-order valence-electron chi connectivity index (χ2n) is 7.44. The number of hydrogen-bond acceptors (Lipinski definition) is 8. The molecule has 3 aromatic rings. The fourth-order valence-corrected chi connectivity index (χ4v) is 5.48. The van der Waals surface area contributed by atoms with Gasteiger partial charge in [0, 0.05) is 17.0 Å². The molecule has 1 amide bonds. The van der Waals surface area contributed by atoms with E-state index in [1.165, 1.54) is 0 Å². The van der Waals surface area contributed by atoms with Crippen molar-refractivity contribution in [2.24, 2.45) is 0 Å². The number of thiophene rings is 2. The molecule has 4 rings (SSSR count). The van der Waals surface area contributed by atoms with E-state index in [0.29, 0.717) is 11.3 Å². The van der Waals surface area contributed by atoms with Crippen LogP contribution in [0.3, 0.4) is 0 Å². The van der Waals surface area contributed by atoms with Crippen LogP contribution in [-0.4, -0.2) is 23.5 Å². The smallest absolute Gasteiger partial charge is 0.417 e. The van der Waals surface area contributed by atoms with Gasteiger partial charge in [0.1, 0.15) is 25.7 Å². The van der Waals surface area contributed by atoms with Gasteiger partial charge < -0.3 is 15.8 Å². The molecule has 0 aromatic carbocycles. The van der Waals surface area contributed by atoms with E-state index in [2.05, 4.69) is 10.3 Å². The number of aromatic nitrogens is 1. The number of nitrogens with zero attached hydrogens (tertiary/aromatic N) is 2. The summed E-state index contributed by atoms with van der Waals surface area (Å²) in [5.74, 6) is -1.44. The molecule has 3 aromatic heterocycles. The van der Waals surface area contributed by atoms with Gasteiger partial charge >= 0.3 is 12.1 Å². The molecule has 3 N–H and O–H groups in total. The van der Waals surface area contributed by atoms with E-state index >= 15 is 0 Å². The Morgan fingerprint density at radius 3 is 2.61 bits per heavy atom. The van der Waals surface area contributed by atoms with Gasteiger partial charge in [-0.15, -0.1) is 22.7 Å². The number of pyridine rings is 1. The average molecular weight is 495 g/mol. The number of nitrogens with one attached hydrogen (secondary N) is 1. The highest BCUT2D eigenvalue weighted by atomic mass is 32.1. The zero-order valence-electron chi connectivity index (χ0n) is 17.4. The minimum atomic E-state index is -4.67. The number of esters is 1. The molecule has 1 aliphatic rings. The highest BCUT2D eigenvalue weighted by molar-refractivity contribution is 7.21. The number of ether oxygens (including phenoxy) is 1. The van der Waals surface area contributed by atoms with Crippen LogP contribution in [0.1, 0.15) is 67.4 Å². The second-order valence-corrected chi connectivity index (χ2v) is 9.46. The van der Waals surface area contributed by atoms with Crippen LogP contribution in [0.4, 0.5) is 23.9 Å². The summed E-state index contributed by atoms with van der Waals surface area (Å²) in [4.78, 5) is 29.5. The maximum absolute atomic E-state index is 13.7. The lowest BCUT2D eigenvalue weighted by Crippen LogP contribution is -2.12. The number of halogens is 3. The van der Waals surface area contributed by atoms with Crippen molar-refractivity contribution in [3.05, 3.63) is 38.2 Å². The number of hydrogen-bond donors (Lipinski definition) is 2. The molecule has 12 heteroatoms. The normalized spacial score (nSPS) is 13.7. The molecule has 1 saturated carbocycles. The van der Waals surface area contributed by atoms with E-state index in [4.69, 9.17) is 10.5 Å². The highest BCUT2D eigenvalue weighted by Gasteiger charge is 2.38. The largest absolute Gasteiger partial charge is 0.462 e. The summed E-state index contributed by atoms with van der Waals surface area (Å²) in [6.07, 6.45) is -3.13. The van der Waals surface area contributed by atoms with Crippen LogP contribution in [0.15, 0.2) is 6.07 Å². The third-order valence-corrected chi connectivity index (χ3v) is 7.46. The molecule has 0 radical (unpaired) electrons. The molecule has 0 bridgehead atoms. The lowest BCUT2D eigenvalue weighted by atomic mass is 10.1. The number of nitrogen functional groups attached to an aromatic ring is 1. The number of fused-ring (bicyclic) bond motifs is 1. The first-order valence-electron chi connectivity index (χ1n) is 9.88. The number of carbonyl (C=O) groups excluding carboxylic acids is 2. The molecule has 0 atom stereocenters. The topological polar surface area (TPSA) is 118 Å². The number of rotatable bonds is 5. The zero-order chi connectivity index (χ0) is 24.1. The first-order chi connectivity index (χ1) is 15.6. The van der Waals surface area contributed by atoms with Gasteiger partial charge in [0.2, 0.25) is 0 Å². The molecule has 3 heterocycles. The standard InChI is InChI=1S/C21H17F3N4O3S2/c1-3-31-20(30)15-8(2)10(7-25)18(32-15)28-17(29)16-14(26)13-11(21(22,23)24)6-12(9-4-5-9)27-19(13)33-16/h6,9H,3-5,26H2,1-2H3,(H,28,29). The van der Waals surface area contributed by atoms with Crippen molar-refractivity contribution in [3.8, 4) is 6.07 Å². The molecule has 0 saturated heterocycles. The highest BCUT2D eigenvalue weighted by Crippen LogP contribution is 2.47. The van der Waals surface area contributed by atoms with Crippen molar-refractivity contribution in [3.63, 3.8) is 0 Å². The SMILES string of the molecule is CCOC(=O)c1sc(NC(=O)c2sc3nc(C4CC4)cc(C(F)(F)F)c3c2N)c(C#N)c1C. The van der Waals surface area contributed by atoms with E-state index in [9.17, 15) is 28.0 Å². The monoisotopic (exact) mass is 494 g/mol. The molecule has 0 spiro atoms. The quantitative estimate of drug-likeness (QED) is 0.456. The molecular weight excluding hydrogens is 477 g/mol. The fraction of sp³-hybridized carbons (Fsp3) is 0.333. The molecule has 0 unspecified atom stereocenters. The summed E-state index contributed by atoms with van der Waals surface area (Å²) < 4.78 is 46.2. The van der Waals surface area contributed by atoms with Crippen LogP contribution in [0.25, 0.3) is 10.2 Å². The maximum atomic E-state index is 13.7. The summed E-state index contributed by atoms with van der Waals surface area (Å²) in [7, 11) is 0. The van der Waals surface area contributed by atoms with Crippen LogP contribution < -0.4 is 11.1 Å². The Labute approximate surface area is 194 Å². The van der Waals surface area contributed by atoms with E-state index < -0.39 is 23.6 Å². The third kappa shape index (κ3) is 4.14. The Kier molecular flexibility index (Phi) is 5.79. The lowest BCUT2D eigenvalue weighted by Gasteiger charge is -2.10. The maximum Gasteiger partial charge on any atom is 0.417 e. The van der Waals surface area contributed by atoms with Crippen LogP contribution in [0, 0.1) is 18.3 Å². The minimum absolute atomic E-state index is 0.0234. The van der Waals surface area contributed by atoms with Crippen molar-refractivity contribution in [2.75, 3.05) is 17.7 Å². The Morgan fingerprint density at radius 1 is 1.33 bits per heavy atom. The average Bonchev–Trinajstić information content (AvgIpc) is 3.48. The van der Waals surface area contributed by atoms with Gasteiger partial charge in [0.15, 0.2) is 0 Å². The third-order valence-electron chi connectivity index (χ3n) is 5.17. The van der Waals surface area contributed by atoms with Crippen molar-refractivity contribution in [2.45, 2.75) is 38.8 Å². The predicted molar refractivity (Wildman–Crippen MR) is 119 cm³/mol. The minimum Gasteiger partial charge on any atom is -0.462 e. The van der Waals surface area contributed by atoms with Crippen molar-refractivity contribution in [1.29, 1.82) is 5.26 Å². The van der Waals surface area contributed by atoms with Gasteiger partial charge in [-0.2, -0.15) is 18.4 Å². The summed E-state index contributed by atoms with van der Waals surface area (Å²) in [5, 5.41) is 11.8. The van der Waals surface area contributed by atoms with Crippen LogP contribution >= 0.6 is 22.7 Å². The number of nitrogens with two attached hydrogens (primary N) is 1. The molecule has 1 aliphatic carbocycles. The van der Waals surface area contributed by atoms with Crippen LogP contribution in [0.2, 0.25) is 0 Å². The Hall–Kier alpha value is -3.17. The molecular formula is C21H17F3N4O3S2. The number of alkyl halides is 3. The van der Waals surface area contributed by atoms with Crippen LogP contribution in [0.5, 0.6) is 0 Å². The Morgan fingerprint density at radius 2 is 2.03 bits per heavy atom. The lowest BCUT2D eigenvalue weighted by molar-refractivity contribution is -0.136. The van der Waals surface area contributed by atoms with Crippen molar-refractivity contribution < 1.29 is 27.5 Å². The van der Waals surface area contributed by atoms with Crippen molar-refractivity contribution in [1.82, 2.24) is 4.98 Å². The van der Waals surface area contributed by atoms with E-state index in [1.54, 1.807) is 13.8 Å². The van der Waals surface area contributed by atoms with Gasteiger partial charge in [0.25, 0.3) is 5.91 Å². The fourth-order valence-electron chi connectivity index (χ4n) is 3.41. The Bertz CT molecular complexity index is 1330. The molecule has 7 nitrogen and oxygen atoms in total. The number of anilines is 2. The molecule has 0 aliphatic heterocycles. The van der Waals surface area contributed by atoms with Crippen molar-refractivity contribution >= 4 is 55.5 Å². The number of carbonyl (C=O) groups is 2. The predicted octanol–water partition coefficient (Wildman–Crippen LogP) is 5.45. The first-order valence-corrected chi connectivity index (χ1v) is 11.5. The molecule has 172 valence electrons. The van der Waals surface area contributed by atoms with Gasteiger partial charge in [-0.05, 0) is 38.3 Å². The van der Waals surface area contributed by atoms with Gasteiger partial charge in [0.05, 0.1) is 23.4 Å². The molecule has 33 heavy (non-hydrogen) atoms. The van der Waals surface area contributed by atoms with E-state index in [1.807, 2.05) is 6.07 Å². The summed E-state index contributed by atoms with van der Waals surface area (Å²) in [6.45, 7) is 3.32. The second kappa shape index (κ2) is 8.31.